The fraction of sp³-hybridized carbons (Fsp3) is 0.0667. The minimum atomic E-state index is 0.744. The third-order valence-electron chi connectivity index (χ3n) is 2.93. The van der Waals surface area contributed by atoms with Crippen LogP contribution in [-0.2, 0) is 6.42 Å². The van der Waals surface area contributed by atoms with Crippen molar-refractivity contribution in [3.05, 3.63) is 72.1 Å². The van der Waals surface area contributed by atoms with Crippen molar-refractivity contribution in [1.82, 2.24) is 15.0 Å². The van der Waals surface area contributed by atoms with Crippen molar-refractivity contribution in [1.29, 1.82) is 0 Å². The molecule has 19 heavy (non-hydrogen) atoms. The molecule has 0 amide bonds. The van der Waals surface area contributed by atoms with E-state index in [2.05, 4.69) is 22.4 Å². The second-order valence-electron chi connectivity index (χ2n) is 4.41. The minimum absolute atomic E-state index is 0.744. The summed E-state index contributed by atoms with van der Waals surface area (Å²) >= 11 is 0. The molecule has 4 nitrogen and oxygen atoms in total. The van der Waals surface area contributed by atoms with Crippen molar-refractivity contribution in [3.63, 3.8) is 0 Å². The van der Waals surface area contributed by atoms with Gasteiger partial charge in [0.1, 0.15) is 0 Å². The van der Waals surface area contributed by atoms with Crippen LogP contribution in [0.5, 0.6) is 0 Å². The third-order valence-corrected chi connectivity index (χ3v) is 2.93. The summed E-state index contributed by atoms with van der Waals surface area (Å²) in [5, 5.41) is 8.33. The molecule has 0 aliphatic rings. The maximum Gasteiger partial charge on any atom is 0.0875 e. The lowest BCUT2D eigenvalue weighted by Gasteiger charge is -1.99. The normalized spacial score (nSPS) is 10.5. The molecule has 2 aromatic carbocycles. The molecular weight excluding hydrogens is 236 g/mol. The predicted molar refractivity (Wildman–Crippen MR) is 75.0 cm³/mol. The zero-order valence-electron chi connectivity index (χ0n) is 10.4. The Kier molecular flexibility index (Phi) is 2.98. The molecule has 0 aliphatic carbocycles. The van der Waals surface area contributed by atoms with Gasteiger partial charge >= 0.3 is 0 Å². The smallest absolute Gasteiger partial charge is 0.0875 e. The first kappa shape index (κ1) is 11.5. The first-order chi connectivity index (χ1) is 9.31. The van der Waals surface area contributed by atoms with Crippen LogP contribution in [0.25, 0.3) is 5.69 Å². The molecule has 0 saturated heterocycles. The first-order valence-corrected chi connectivity index (χ1v) is 6.12. The van der Waals surface area contributed by atoms with Crippen molar-refractivity contribution < 1.29 is 0 Å². The van der Waals surface area contributed by atoms with Gasteiger partial charge in [0, 0.05) is 12.1 Å². The van der Waals surface area contributed by atoms with Crippen LogP contribution >= 0.6 is 0 Å². The lowest BCUT2D eigenvalue weighted by molar-refractivity contribution is 0.799. The summed E-state index contributed by atoms with van der Waals surface area (Å²) in [6.07, 6.45) is 2.73. The Morgan fingerprint density at radius 1 is 0.947 bits per heavy atom. The Hall–Kier alpha value is -2.62. The molecule has 3 aromatic rings. The number of anilines is 1. The lowest BCUT2D eigenvalue weighted by atomic mass is 10.1. The number of nitrogens with two attached hydrogens (primary N) is 1. The first-order valence-electron chi connectivity index (χ1n) is 6.12. The van der Waals surface area contributed by atoms with Crippen molar-refractivity contribution in [2.45, 2.75) is 6.42 Å². The third kappa shape index (κ3) is 2.63. The number of hydrogen-bond acceptors (Lipinski definition) is 3. The Labute approximate surface area is 111 Å². The van der Waals surface area contributed by atoms with E-state index in [-0.39, 0.29) is 0 Å². The van der Waals surface area contributed by atoms with Gasteiger partial charge in [-0.05, 0) is 29.8 Å². The molecule has 2 N–H and O–H groups in total. The molecule has 0 spiro atoms. The van der Waals surface area contributed by atoms with E-state index >= 15 is 0 Å². The molecule has 0 aliphatic heterocycles. The summed E-state index contributed by atoms with van der Waals surface area (Å²) in [4.78, 5) is 0. The fourth-order valence-electron chi connectivity index (χ4n) is 1.94. The molecule has 0 unspecified atom stereocenters. The summed E-state index contributed by atoms with van der Waals surface area (Å²) in [5.74, 6) is 0. The summed E-state index contributed by atoms with van der Waals surface area (Å²) in [5.41, 5.74) is 9.55. The molecular formula is C15H14N4. The summed E-state index contributed by atoms with van der Waals surface area (Å²) in [6, 6.07) is 17.8. The van der Waals surface area contributed by atoms with Gasteiger partial charge in [-0.3, -0.25) is 0 Å². The van der Waals surface area contributed by atoms with E-state index in [1.165, 1.54) is 5.56 Å². The topological polar surface area (TPSA) is 56.7 Å². The van der Waals surface area contributed by atoms with Gasteiger partial charge in [0.05, 0.1) is 17.6 Å². The number of rotatable bonds is 3. The number of nitrogens with zero attached hydrogens (tertiary/aromatic N) is 3. The molecule has 94 valence electrons. The van der Waals surface area contributed by atoms with E-state index in [0.717, 1.165) is 23.5 Å². The zero-order chi connectivity index (χ0) is 13.1. The monoisotopic (exact) mass is 250 g/mol. The van der Waals surface area contributed by atoms with E-state index < -0.39 is 0 Å². The molecule has 1 aromatic heterocycles. The second kappa shape index (κ2) is 4.94. The van der Waals surface area contributed by atoms with Crippen LogP contribution in [0.1, 0.15) is 11.3 Å². The largest absolute Gasteiger partial charge is 0.399 e. The van der Waals surface area contributed by atoms with Gasteiger partial charge in [-0.15, -0.1) is 5.10 Å². The van der Waals surface area contributed by atoms with E-state index in [9.17, 15) is 0 Å². The molecule has 4 heteroatoms. The van der Waals surface area contributed by atoms with Gasteiger partial charge in [0.25, 0.3) is 0 Å². The van der Waals surface area contributed by atoms with Crippen molar-refractivity contribution in [3.8, 4) is 5.69 Å². The molecule has 0 fully saturated rings. The van der Waals surface area contributed by atoms with Gasteiger partial charge in [-0.2, -0.15) is 0 Å². The molecule has 0 saturated carbocycles. The van der Waals surface area contributed by atoms with Gasteiger partial charge in [-0.1, -0.05) is 35.5 Å². The predicted octanol–water partition coefficient (Wildman–Crippen LogP) is 2.44. The second-order valence-corrected chi connectivity index (χ2v) is 4.41. The SMILES string of the molecule is Nc1ccc(-n2cc(Cc3ccccc3)nn2)cc1. The number of benzene rings is 2. The van der Waals surface area contributed by atoms with E-state index in [1.807, 2.05) is 48.7 Å². The maximum atomic E-state index is 5.67. The summed E-state index contributed by atoms with van der Waals surface area (Å²) in [7, 11) is 0. The summed E-state index contributed by atoms with van der Waals surface area (Å²) in [6.45, 7) is 0. The fourth-order valence-corrected chi connectivity index (χ4v) is 1.94. The van der Waals surface area contributed by atoms with E-state index in [0.29, 0.717) is 0 Å². The van der Waals surface area contributed by atoms with Crippen LogP contribution in [0.15, 0.2) is 60.8 Å². The van der Waals surface area contributed by atoms with Gasteiger partial charge in [-0.25, -0.2) is 4.68 Å². The highest BCUT2D eigenvalue weighted by Crippen LogP contribution is 2.11. The highest BCUT2D eigenvalue weighted by molar-refractivity contribution is 5.44. The van der Waals surface area contributed by atoms with Crippen LogP contribution in [0.2, 0.25) is 0 Å². The van der Waals surface area contributed by atoms with Crippen LogP contribution < -0.4 is 5.73 Å². The van der Waals surface area contributed by atoms with E-state index in [4.69, 9.17) is 5.73 Å². The van der Waals surface area contributed by atoms with Crippen LogP contribution in [0.3, 0.4) is 0 Å². The summed E-state index contributed by atoms with van der Waals surface area (Å²) < 4.78 is 1.76. The van der Waals surface area contributed by atoms with Crippen molar-refractivity contribution in [2.24, 2.45) is 0 Å². The van der Waals surface area contributed by atoms with E-state index in [1.54, 1.807) is 4.68 Å². The van der Waals surface area contributed by atoms with Crippen molar-refractivity contribution in [2.75, 3.05) is 5.73 Å². The van der Waals surface area contributed by atoms with Crippen LogP contribution in [0.4, 0.5) is 5.69 Å². The molecule has 0 radical (unpaired) electrons. The average molecular weight is 250 g/mol. The van der Waals surface area contributed by atoms with Gasteiger partial charge in [0.2, 0.25) is 0 Å². The quantitative estimate of drug-likeness (QED) is 0.726. The Morgan fingerprint density at radius 2 is 1.68 bits per heavy atom. The molecule has 0 bridgehead atoms. The molecule has 3 rings (SSSR count). The minimum Gasteiger partial charge on any atom is -0.399 e. The highest BCUT2D eigenvalue weighted by Gasteiger charge is 2.03. The van der Waals surface area contributed by atoms with Gasteiger partial charge < -0.3 is 5.73 Å². The van der Waals surface area contributed by atoms with Crippen LogP contribution in [0, 0.1) is 0 Å². The maximum absolute atomic E-state index is 5.67. The molecule has 0 atom stereocenters. The zero-order valence-corrected chi connectivity index (χ0v) is 10.4. The number of aromatic nitrogens is 3. The number of nitrogen functional groups attached to an aromatic ring is 1. The number of hydrogen-bond donors (Lipinski definition) is 1. The highest BCUT2D eigenvalue weighted by atomic mass is 15.4. The lowest BCUT2D eigenvalue weighted by Crippen LogP contribution is -1.95. The average Bonchev–Trinajstić information content (AvgIpc) is 2.89. The standard InChI is InChI=1S/C15H14N4/c16-13-6-8-15(9-7-13)19-11-14(17-18-19)10-12-4-2-1-3-5-12/h1-9,11H,10,16H2. The Bertz CT molecular complexity index is 656. The van der Waals surface area contributed by atoms with Crippen LogP contribution in [-0.4, -0.2) is 15.0 Å². The Balaban J connectivity index is 1.82. The Morgan fingerprint density at radius 3 is 2.42 bits per heavy atom. The van der Waals surface area contributed by atoms with Gasteiger partial charge in [0.15, 0.2) is 0 Å². The van der Waals surface area contributed by atoms with Crippen molar-refractivity contribution >= 4 is 5.69 Å². The molecule has 1 heterocycles.